The van der Waals surface area contributed by atoms with Gasteiger partial charge >= 0.3 is 0 Å². The summed E-state index contributed by atoms with van der Waals surface area (Å²) >= 11 is 0. The summed E-state index contributed by atoms with van der Waals surface area (Å²) in [5, 5.41) is 1.11. The fraction of sp³-hybridized carbons (Fsp3) is 0.444. The van der Waals surface area contributed by atoms with E-state index < -0.39 is 11.7 Å². The Kier molecular flexibility index (Phi) is 6.46. The average Bonchev–Trinajstić information content (AvgIpc) is 3.22. The van der Waals surface area contributed by atoms with E-state index in [2.05, 4.69) is 11.0 Å². The van der Waals surface area contributed by atoms with E-state index in [1.165, 1.54) is 37.0 Å². The molecular weight excluding hydrogens is 435 g/mol. The number of nitrogens with two attached hydrogens (primary N) is 1. The predicted molar refractivity (Wildman–Crippen MR) is 128 cm³/mol. The van der Waals surface area contributed by atoms with Crippen LogP contribution in [0.4, 0.5) is 4.39 Å². The van der Waals surface area contributed by atoms with Crippen molar-refractivity contribution < 1.29 is 23.1 Å². The molecule has 1 saturated carbocycles. The maximum absolute atomic E-state index is 14.3. The van der Waals surface area contributed by atoms with Gasteiger partial charge in [-0.3, -0.25) is 9.69 Å². The smallest absolute Gasteiger partial charge is 0.249 e. The average molecular weight is 467 g/mol. The number of methoxy groups -OCH3 is 1. The number of unbranched alkanes of at least 4 members (excludes halogenated alkanes) is 1. The third-order valence-electron chi connectivity index (χ3n) is 7.33. The van der Waals surface area contributed by atoms with E-state index in [9.17, 15) is 9.18 Å². The molecule has 0 spiro atoms. The molecule has 2 aliphatic rings. The summed E-state index contributed by atoms with van der Waals surface area (Å²) in [5.41, 5.74) is 8.52. The number of halogens is 1. The van der Waals surface area contributed by atoms with Gasteiger partial charge in [-0.25, -0.2) is 4.39 Å². The van der Waals surface area contributed by atoms with Gasteiger partial charge in [-0.15, -0.1) is 0 Å². The number of hydrogen-bond acceptors (Lipinski definition) is 5. The first-order chi connectivity index (χ1) is 16.6. The summed E-state index contributed by atoms with van der Waals surface area (Å²) in [6.45, 7) is 1.36. The molecule has 0 radical (unpaired) electrons. The molecule has 1 fully saturated rings. The van der Waals surface area contributed by atoms with Crippen LogP contribution in [0.25, 0.3) is 11.0 Å². The minimum Gasteiger partial charge on any atom is -0.493 e. The molecule has 1 amide bonds. The SMILES string of the molecule is COc1cccc2c(CCCCN(C3CCC3)C3COc4c(F)ccc(C(N)=O)c4C3)coc12. The minimum absolute atomic E-state index is 0.108. The Balaban J connectivity index is 1.25. The van der Waals surface area contributed by atoms with Crippen molar-refractivity contribution in [3.63, 3.8) is 0 Å². The number of hydrogen-bond donors (Lipinski definition) is 1. The Morgan fingerprint density at radius 3 is 2.79 bits per heavy atom. The molecular formula is C27H31FN2O4. The number of amides is 1. The highest BCUT2D eigenvalue weighted by atomic mass is 19.1. The van der Waals surface area contributed by atoms with Gasteiger partial charge in [-0.2, -0.15) is 0 Å². The van der Waals surface area contributed by atoms with Crippen molar-refractivity contribution in [1.82, 2.24) is 4.90 Å². The van der Waals surface area contributed by atoms with Crippen LogP contribution in [0.2, 0.25) is 0 Å². The maximum Gasteiger partial charge on any atom is 0.249 e. The lowest BCUT2D eigenvalue weighted by Crippen LogP contribution is -2.51. The lowest BCUT2D eigenvalue weighted by molar-refractivity contribution is 0.0417. The molecule has 1 atom stereocenters. The Bertz CT molecular complexity index is 1190. The quantitative estimate of drug-likeness (QED) is 0.456. The second-order valence-corrected chi connectivity index (χ2v) is 9.31. The molecule has 1 aliphatic heterocycles. The Hall–Kier alpha value is -3.06. The summed E-state index contributed by atoms with van der Waals surface area (Å²) < 4.78 is 31.3. The maximum atomic E-state index is 14.3. The number of carbonyl (C=O) groups excluding carboxylic acids is 1. The molecule has 2 heterocycles. The first-order valence-electron chi connectivity index (χ1n) is 12.1. The van der Waals surface area contributed by atoms with E-state index in [-0.39, 0.29) is 11.8 Å². The van der Waals surface area contributed by atoms with Crippen molar-refractivity contribution in [1.29, 1.82) is 0 Å². The van der Waals surface area contributed by atoms with Crippen molar-refractivity contribution in [3.8, 4) is 11.5 Å². The van der Waals surface area contributed by atoms with Crippen LogP contribution in [0.3, 0.4) is 0 Å². The zero-order valence-electron chi connectivity index (χ0n) is 19.5. The molecule has 2 N–H and O–H groups in total. The lowest BCUT2D eigenvalue weighted by atomic mass is 9.87. The van der Waals surface area contributed by atoms with Crippen molar-refractivity contribution in [3.05, 3.63) is 59.1 Å². The van der Waals surface area contributed by atoms with E-state index in [1.54, 1.807) is 7.11 Å². The monoisotopic (exact) mass is 466 g/mol. The van der Waals surface area contributed by atoms with Crippen molar-refractivity contribution >= 4 is 16.9 Å². The summed E-state index contributed by atoms with van der Waals surface area (Å²) in [6.07, 6.45) is 8.97. The fourth-order valence-corrected chi connectivity index (χ4v) is 5.31. The van der Waals surface area contributed by atoms with Gasteiger partial charge in [0.25, 0.3) is 0 Å². The highest BCUT2D eigenvalue weighted by Gasteiger charge is 2.35. The first kappa shape index (κ1) is 22.7. The number of carbonyl (C=O) groups is 1. The molecule has 0 saturated heterocycles. The standard InChI is InChI=1S/C27H31FN2O4/c1-32-24-10-5-9-20-17(15-33-26(20)24)6-2-3-13-30(18-7-4-8-18)19-14-22-21(27(29)31)11-12-23(28)25(22)34-16-19/h5,9-12,15,18-19H,2-4,6-8,13-14,16H2,1H3,(H2,29,31). The Morgan fingerprint density at radius 1 is 1.21 bits per heavy atom. The Morgan fingerprint density at radius 2 is 2.06 bits per heavy atom. The van der Waals surface area contributed by atoms with E-state index >= 15 is 0 Å². The molecule has 0 bridgehead atoms. The van der Waals surface area contributed by atoms with Crippen molar-refractivity contribution in [2.75, 3.05) is 20.3 Å². The van der Waals surface area contributed by atoms with Crippen LogP contribution in [-0.4, -0.2) is 43.2 Å². The highest BCUT2D eigenvalue weighted by molar-refractivity contribution is 5.95. The summed E-state index contributed by atoms with van der Waals surface area (Å²) in [6, 6.07) is 9.33. The van der Waals surface area contributed by atoms with Crippen LogP contribution in [-0.2, 0) is 12.8 Å². The second-order valence-electron chi connectivity index (χ2n) is 9.31. The van der Waals surface area contributed by atoms with Crippen LogP contribution >= 0.6 is 0 Å². The molecule has 6 nitrogen and oxygen atoms in total. The molecule has 7 heteroatoms. The van der Waals surface area contributed by atoms with Gasteiger partial charge in [0.1, 0.15) is 6.61 Å². The number of nitrogens with zero attached hydrogens (tertiary/aromatic N) is 1. The summed E-state index contributed by atoms with van der Waals surface area (Å²) in [4.78, 5) is 14.4. The summed E-state index contributed by atoms with van der Waals surface area (Å²) in [7, 11) is 1.65. The van der Waals surface area contributed by atoms with Crippen molar-refractivity contribution in [2.45, 2.75) is 57.0 Å². The van der Waals surface area contributed by atoms with Gasteiger partial charge in [-0.1, -0.05) is 18.6 Å². The predicted octanol–water partition coefficient (Wildman–Crippen LogP) is 4.86. The topological polar surface area (TPSA) is 77.9 Å². The number of fused-ring (bicyclic) bond motifs is 2. The lowest BCUT2D eigenvalue weighted by Gasteiger charge is -2.44. The first-order valence-corrected chi connectivity index (χ1v) is 12.1. The second kappa shape index (κ2) is 9.66. The van der Waals surface area contributed by atoms with Crippen LogP contribution in [0.5, 0.6) is 11.5 Å². The third-order valence-corrected chi connectivity index (χ3v) is 7.33. The van der Waals surface area contributed by atoms with Crippen LogP contribution in [0.1, 0.15) is 53.6 Å². The third kappa shape index (κ3) is 4.25. The van der Waals surface area contributed by atoms with Gasteiger partial charge in [0.05, 0.1) is 13.4 Å². The molecule has 3 aromatic rings. The zero-order chi connectivity index (χ0) is 23.7. The molecule has 2 aromatic carbocycles. The number of benzene rings is 2. The van der Waals surface area contributed by atoms with E-state index in [0.717, 1.165) is 42.5 Å². The van der Waals surface area contributed by atoms with Gasteiger partial charge in [-0.05, 0) is 68.8 Å². The fourth-order valence-electron chi connectivity index (χ4n) is 5.31. The number of furan rings is 1. The number of para-hydroxylation sites is 1. The zero-order valence-corrected chi connectivity index (χ0v) is 19.5. The van der Waals surface area contributed by atoms with E-state index in [0.29, 0.717) is 30.2 Å². The molecule has 1 unspecified atom stereocenters. The van der Waals surface area contributed by atoms with Gasteiger partial charge in [0.15, 0.2) is 22.9 Å². The van der Waals surface area contributed by atoms with Crippen molar-refractivity contribution in [2.24, 2.45) is 5.73 Å². The van der Waals surface area contributed by atoms with Crippen LogP contribution in [0.15, 0.2) is 41.0 Å². The molecule has 34 heavy (non-hydrogen) atoms. The van der Waals surface area contributed by atoms with Gasteiger partial charge in [0.2, 0.25) is 5.91 Å². The summed E-state index contributed by atoms with van der Waals surface area (Å²) in [5.74, 6) is -0.0371. The number of aryl methyl sites for hydroxylation is 1. The largest absolute Gasteiger partial charge is 0.493 e. The van der Waals surface area contributed by atoms with Gasteiger partial charge in [0, 0.05) is 28.6 Å². The normalized spacial score (nSPS) is 17.9. The molecule has 1 aromatic heterocycles. The molecule has 1 aliphatic carbocycles. The Labute approximate surface area is 198 Å². The number of primary amides is 1. The molecule has 180 valence electrons. The van der Waals surface area contributed by atoms with Crippen LogP contribution in [0, 0.1) is 5.82 Å². The van der Waals surface area contributed by atoms with E-state index in [1.807, 2.05) is 18.4 Å². The van der Waals surface area contributed by atoms with E-state index in [4.69, 9.17) is 19.6 Å². The highest BCUT2D eigenvalue weighted by Crippen LogP contribution is 2.36. The number of rotatable bonds is 9. The molecule has 5 rings (SSSR count). The van der Waals surface area contributed by atoms with Gasteiger partial charge < -0.3 is 19.6 Å². The minimum atomic E-state index is -0.542. The number of ether oxygens (including phenoxy) is 2. The van der Waals surface area contributed by atoms with Crippen LogP contribution < -0.4 is 15.2 Å².